The number of hydrogen-bond donors (Lipinski definition) is 5. The molecule has 1 aromatic heterocycles. The molecule has 3 rings (SSSR count). The molecule has 0 saturated carbocycles. The van der Waals surface area contributed by atoms with Crippen molar-refractivity contribution in [1.29, 1.82) is 5.41 Å². The Balaban J connectivity index is 1.82. The molecule has 0 aliphatic heterocycles. The number of carbonyl (C=O) groups excluding carboxylic acids is 4. The molecule has 0 unspecified atom stereocenters. The fourth-order valence-corrected chi connectivity index (χ4v) is 4.19. The van der Waals surface area contributed by atoms with Gasteiger partial charge < -0.3 is 26.3 Å². The summed E-state index contributed by atoms with van der Waals surface area (Å²) in [6.07, 6.45) is 2.36. The summed E-state index contributed by atoms with van der Waals surface area (Å²) < 4.78 is 0. The number of anilines is 1. The van der Waals surface area contributed by atoms with Gasteiger partial charge in [-0.25, -0.2) is 0 Å². The summed E-state index contributed by atoms with van der Waals surface area (Å²) in [7, 11) is 0. The summed E-state index contributed by atoms with van der Waals surface area (Å²) in [5.41, 5.74) is 1.86. The fraction of sp³-hybridized carbons (Fsp3) is 0.240. The molecule has 0 bridgehead atoms. The largest absolute Gasteiger partial charge is 0.361 e. The topological polar surface area (TPSA) is 144 Å². The first kappa shape index (κ1) is 26.9. The molecule has 188 valence electrons. The van der Waals surface area contributed by atoms with E-state index in [4.69, 9.17) is 28.6 Å². The summed E-state index contributed by atoms with van der Waals surface area (Å²) in [5.74, 6) is -2.18. The van der Waals surface area contributed by atoms with E-state index in [1.54, 1.807) is 24.4 Å². The quantitative estimate of drug-likeness (QED) is 0.241. The number of hydrogen-bond acceptors (Lipinski definition) is 5. The molecule has 3 amide bonds. The van der Waals surface area contributed by atoms with Gasteiger partial charge in [-0.3, -0.25) is 19.2 Å². The monoisotopic (exact) mass is 529 g/mol. The van der Waals surface area contributed by atoms with Gasteiger partial charge in [0.15, 0.2) is 5.78 Å². The molecular formula is C25H25Cl2N5O4. The Morgan fingerprint density at radius 3 is 2.33 bits per heavy atom. The van der Waals surface area contributed by atoms with Crippen molar-refractivity contribution in [3.05, 3.63) is 64.3 Å². The molecule has 0 spiro atoms. The average molecular weight is 530 g/mol. The van der Waals surface area contributed by atoms with Crippen molar-refractivity contribution in [3.8, 4) is 0 Å². The van der Waals surface area contributed by atoms with E-state index in [1.165, 1.54) is 6.92 Å². The molecule has 2 atom stereocenters. The Kier molecular flexibility index (Phi) is 9.21. The number of benzene rings is 2. The van der Waals surface area contributed by atoms with Crippen LogP contribution in [0.4, 0.5) is 5.69 Å². The normalized spacial score (nSPS) is 12.4. The number of Topliss-reactive ketones (excluding diaryl/α,β-unsaturated/α-hetero) is 1. The van der Waals surface area contributed by atoms with E-state index < -0.39 is 35.6 Å². The van der Waals surface area contributed by atoms with Crippen LogP contribution in [0.25, 0.3) is 10.9 Å². The fourth-order valence-electron chi connectivity index (χ4n) is 3.70. The minimum atomic E-state index is -1.16. The number of H-pyrrole nitrogens is 1. The number of ketones is 1. The number of halogens is 2. The molecule has 2 aromatic carbocycles. The summed E-state index contributed by atoms with van der Waals surface area (Å²) in [5, 5.41) is 16.3. The highest BCUT2D eigenvalue weighted by Crippen LogP contribution is 2.30. The van der Waals surface area contributed by atoms with Gasteiger partial charge in [0.25, 0.3) is 0 Å². The zero-order chi connectivity index (χ0) is 26.2. The van der Waals surface area contributed by atoms with Gasteiger partial charge in [0.2, 0.25) is 17.7 Å². The maximum absolute atomic E-state index is 13.3. The maximum atomic E-state index is 13.3. The van der Waals surface area contributed by atoms with E-state index in [2.05, 4.69) is 20.9 Å². The van der Waals surface area contributed by atoms with Gasteiger partial charge in [0.05, 0.1) is 21.9 Å². The van der Waals surface area contributed by atoms with Crippen LogP contribution in [-0.4, -0.2) is 46.8 Å². The Bertz CT molecular complexity index is 1290. The highest BCUT2D eigenvalue weighted by atomic mass is 35.5. The maximum Gasteiger partial charge on any atom is 0.247 e. The average Bonchev–Trinajstić information content (AvgIpc) is 3.25. The lowest BCUT2D eigenvalue weighted by Gasteiger charge is -2.23. The van der Waals surface area contributed by atoms with Crippen LogP contribution >= 0.6 is 23.2 Å². The standard InChI is InChI=1S/C25H25Cl2N5O4/c1-14(33)30-22(11-15-13-29-20-8-3-2-5-17(15)20)25(36)31-21(10-9-16(34)12-28)24(35)32-23-18(26)6-4-7-19(23)27/h2-8,12-13,21-22,28-29H,9-11H2,1H3,(H,30,33)(H,31,36)(H,32,35)/t21-,22-/m0/s1. The van der Waals surface area contributed by atoms with Crippen LogP contribution in [0.1, 0.15) is 25.3 Å². The van der Waals surface area contributed by atoms with Crippen LogP contribution in [0, 0.1) is 5.41 Å². The number of rotatable bonds is 11. The molecule has 0 aliphatic rings. The van der Waals surface area contributed by atoms with Crippen LogP contribution in [0.2, 0.25) is 10.0 Å². The molecular weight excluding hydrogens is 505 g/mol. The second-order valence-corrected chi connectivity index (χ2v) is 8.93. The lowest BCUT2D eigenvalue weighted by atomic mass is 10.0. The number of nitrogens with one attached hydrogen (secondary N) is 5. The van der Waals surface area contributed by atoms with Crippen molar-refractivity contribution in [1.82, 2.24) is 15.6 Å². The molecule has 1 heterocycles. The molecule has 3 aromatic rings. The lowest BCUT2D eigenvalue weighted by Crippen LogP contribution is -2.53. The zero-order valence-electron chi connectivity index (χ0n) is 19.4. The minimum Gasteiger partial charge on any atom is -0.361 e. The Morgan fingerprint density at radius 1 is 0.972 bits per heavy atom. The molecule has 36 heavy (non-hydrogen) atoms. The predicted octanol–water partition coefficient (Wildman–Crippen LogP) is 3.64. The van der Waals surface area contributed by atoms with E-state index in [-0.39, 0.29) is 35.0 Å². The zero-order valence-corrected chi connectivity index (χ0v) is 20.9. The van der Waals surface area contributed by atoms with E-state index in [0.717, 1.165) is 16.5 Å². The van der Waals surface area contributed by atoms with Gasteiger partial charge in [-0.15, -0.1) is 0 Å². The number of aromatic nitrogens is 1. The molecule has 9 nitrogen and oxygen atoms in total. The van der Waals surface area contributed by atoms with Crippen molar-refractivity contribution < 1.29 is 19.2 Å². The summed E-state index contributed by atoms with van der Waals surface area (Å²) >= 11 is 12.3. The number of fused-ring (bicyclic) bond motifs is 1. The first-order chi connectivity index (χ1) is 17.2. The third-order valence-corrected chi connectivity index (χ3v) is 6.11. The van der Waals surface area contributed by atoms with Gasteiger partial charge in [0, 0.05) is 36.9 Å². The third-order valence-electron chi connectivity index (χ3n) is 5.48. The van der Waals surface area contributed by atoms with Gasteiger partial charge >= 0.3 is 0 Å². The minimum absolute atomic E-state index is 0.0757. The van der Waals surface area contributed by atoms with Crippen molar-refractivity contribution >= 4 is 69.5 Å². The van der Waals surface area contributed by atoms with E-state index in [9.17, 15) is 19.2 Å². The van der Waals surface area contributed by atoms with Crippen molar-refractivity contribution in [2.24, 2.45) is 0 Å². The lowest BCUT2D eigenvalue weighted by molar-refractivity contribution is -0.130. The highest BCUT2D eigenvalue weighted by molar-refractivity contribution is 6.39. The van der Waals surface area contributed by atoms with Gasteiger partial charge in [0.1, 0.15) is 12.1 Å². The second-order valence-electron chi connectivity index (χ2n) is 8.11. The SMILES string of the molecule is CC(=O)N[C@@H](Cc1c[nH]c2ccccc12)C(=O)N[C@@H](CCC(=O)C=N)C(=O)Nc1c(Cl)cccc1Cl. The van der Waals surface area contributed by atoms with Gasteiger partial charge in [-0.1, -0.05) is 47.5 Å². The molecule has 5 N–H and O–H groups in total. The molecule has 0 saturated heterocycles. The Labute approximate surface area is 217 Å². The van der Waals surface area contributed by atoms with Crippen LogP contribution in [0.3, 0.4) is 0 Å². The number of para-hydroxylation sites is 2. The van der Waals surface area contributed by atoms with E-state index in [1.807, 2.05) is 24.3 Å². The molecule has 11 heteroatoms. The molecule has 0 aliphatic carbocycles. The van der Waals surface area contributed by atoms with Crippen LogP contribution in [-0.2, 0) is 25.6 Å². The Morgan fingerprint density at radius 2 is 1.67 bits per heavy atom. The van der Waals surface area contributed by atoms with Crippen LogP contribution < -0.4 is 16.0 Å². The third kappa shape index (κ3) is 6.93. The summed E-state index contributed by atoms with van der Waals surface area (Å²) in [4.78, 5) is 53.1. The summed E-state index contributed by atoms with van der Waals surface area (Å²) in [6, 6.07) is 10.1. The predicted molar refractivity (Wildman–Crippen MR) is 140 cm³/mol. The van der Waals surface area contributed by atoms with Crippen molar-refractivity contribution in [2.75, 3.05) is 5.32 Å². The van der Waals surface area contributed by atoms with Crippen LogP contribution in [0.5, 0.6) is 0 Å². The Hall–Kier alpha value is -3.69. The number of amides is 3. The van der Waals surface area contributed by atoms with Crippen molar-refractivity contribution in [3.63, 3.8) is 0 Å². The van der Waals surface area contributed by atoms with Crippen molar-refractivity contribution in [2.45, 2.75) is 38.3 Å². The van der Waals surface area contributed by atoms with Crippen LogP contribution in [0.15, 0.2) is 48.7 Å². The van der Waals surface area contributed by atoms with Gasteiger partial charge in [-0.05, 0) is 30.2 Å². The second kappa shape index (κ2) is 12.3. The highest BCUT2D eigenvalue weighted by Gasteiger charge is 2.28. The number of aromatic amines is 1. The first-order valence-electron chi connectivity index (χ1n) is 11.1. The molecule has 0 radical (unpaired) electrons. The van der Waals surface area contributed by atoms with E-state index >= 15 is 0 Å². The summed E-state index contributed by atoms with van der Waals surface area (Å²) in [6.45, 7) is 1.29. The van der Waals surface area contributed by atoms with E-state index in [0.29, 0.717) is 6.21 Å². The number of carbonyl (C=O) groups is 4. The molecule has 0 fully saturated rings. The smallest absolute Gasteiger partial charge is 0.247 e. The first-order valence-corrected chi connectivity index (χ1v) is 11.9. The van der Waals surface area contributed by atoms with Gasteiger partial charge in [-0.2, -0.15) is 0 Å².